The Balaban J connectivity index is 1.98. The summed E-state index contributed by atoms with van der Waals surface area (Å²) < 4.78 is 6.07. The van der Waals surface area contributed by atoms with Gasteiger partial charge in [-0.25, -0.2) is 4.85 Å². The average Bonchev–Trinajstić information content (AvgIpc) is 2.59. The quantitative estimate of drug-likeness (QED) is 0.739. The fraction of sp³-hybridized carbons (Fsp3) is 0.545. The van der Waals surface area contributed by atoms with Crippen LogP contribution in [0.4, 0.5) is 0 Å². The van der Waals surface area contributed by atoms with Crippen molar-refractivity contribution < 1.29 is 9.53 Å². The topological polar surface area (TPSA) is 30.7 Å². The molecule has 0 spiro atoms. The summed E-state index contributed by atoms with van der Waals surface area (Å²) in [6.07, 6.45) is 5.53. The summed E-state index contributed by atoms with van der Waals surface area (Å²) in [5.74, 6) is 0.245. The summed E-state index contributed by atoms with van der Waals surface area (Å²) in [5.41, 5.74) is 0.644. The normalized spacial score (nSPS) is 34.0. The van der Waals surface area contributed by atoms with E-state index in [1.165, 1.54) is 5.56 Å². The van der Waals surface area contributed by atoms with Crippen molar-refractivity contribution in [2.45, 2.75) is 52.1 Å². The molecule has 3 nitrogen and oxygen atoms in total. The van der Waals surface area contributed by atoms with Crippen LogP contribution in [0.25, 0.3) is 4.85 Å². The van der Waals surface area contributed by atoms with Crippen molar-refractivity contribution in [2.24, 2.45) is 16.7 Å². The fourth-order valence-corrected chi connectivity index (χ4v) is 5.29. The Bertz CT molecular complexity index is 743. The first-order chi connectivity index (χ1) is 11.8. The highest BCUT2D eigenvalue weighted by atomic mass is 16.5. The fourth-order valence-electron chi connectivity index (χ4n) is 5.29. The Morgan fingerprint density at radius 1 is 1.24 bits per heavy atom. The van der Waals surface area contributed by atoms with Gasteiger partial charge in [0.2, 0.25) is 5.70 Å². The zero-order chi connectivity index (χ0) is 18.3. The minimum absolute atomic E-state index is 0.00190. The number of carbonyl (C=O) groups is 1. The number of ketones is 1. The van der Waals surface area contributed by atoms with E-state index in [9.17, 15) is 4.79 Å². The third kappa shape index (κ3) is 2.93. The predicted molar refractivity (Wildman–Crippen MR) is 98.8 cm³/mol. The summed E-state index contributed by atoms with van der Waals surface area (Å²) >= 11 is 0. The van der Waals surface area contributed by atoms with Gasteiger partial charge in [0.25, 0.3) is 0 Å². The third-order valence-electron chi connectivity index (χ3n) is 6.47. The maximum Gasteiger partial charge on any atom is 0.226 e. The van der Waals surface area contributed by atoms with Gasteiger partial charge in [0, 0.05) is 18.9 Å². The second kappa shape index (κ2) is 6.11. The second-order valence-electron chi connectivity index (χ2n) is 8.52. The van der Waals surface area contributed by atoms with Gasteiger partial charge < -0.3 is 9.53 Å². The molecule has 0 bridgehead atoms. The van der Waals surface area contributed by atoms with Crippen LogP contribution in [0.2, 0.25) is 0 Å². The van der Waals surface area contributed by atoms with Gasteiger partial charge in [-0.1, -0.05) is 57.2 Å². The van der Waals surface area contributed by atoms with E-state index in [0.717, 1.165) is 25.7 Å². The number of Topliss-reactive ketones (excluding diaryl/α,β-unsaturated/α-hetero) is 1. The summed E-state index contributed by atoms with van der Waals surface area (Å²) in [6, 6.07) is 10.4. The number of fused-ring (bicyclic) bond motifs is 1. The van der Waals surface area contributed by atoms with Gasteiger partial charge in [0.1, 0.15) is 0 Å². The number of allylic oxidation sites excluding steroid dienone is 2. The third-order valence-corrected chi connectivity index (χ3v) is 6.47. The highest BCUT2D eigenvalue weighted by molar-refractivity contribution is 6.02. The van der Waals surface area contributed by atoms with Crippen molar-refractivity contribution in [1.82, 2.24) is 0 Å². The maximum atomic E-state index is 12.7. The summed E-state index contributed by atoms with van der Waals surface area (Å²) in [5, 5.41) is 0. The van der Waals surface area contributed by atoms with Crippen LogP contribution in [0.15, 0.2) is 42.1 Å². The molecule has 0 aromatic heterocycles. The number of rotatable bonds is 3. The van der Waals surface area contributed by atoms with E-state index in [1.807, 2.05) is 26.0 Å². The minimum atomic E-state index is -0.490. The van der Waals surface area contributed by atoms with Crippen molar-refractivity contribution in [3.05, 3.63) is 59.1 Å². The van der Waals surface area contributed by atoms with Crippen LogP contribution < -0.4 is 0 Å². The molecule has 25 heavy (non-hydrogen) atoms. The van der Waals surface area contributed by atoms with Crippen molar-refractivity contribution in [1.29, 1.82) is 0 Å². The largest absolute Gasteiger partial charge is 0.378 e. The lowest BCUT2D eigenvalue weighted by Gasteiger charge is -2.55. The van der Waals surface area contributed by atoms with Crippen LogP contribution in [-0.4, -0.2) is 18.5 Å². The molecule has 3 rings (SSSR count). The van der Waals surface area contributed by atoms with E-state index in [4.69, 9.17) is 11.3 Å². The average molecular weight is 337 g/mol. The number of carbonyl (C=O) groups excluding carboxylic acids is 1. The monoisotopic (exact) mass is 337 g/mol. The van der Waals surface area contributed by atoms with E-state index in [1.54, 1.807) is 7.11 Å². The lowest BCUT2D eigenvalue weighted by Crippen LogP contribution is -2.54. The van der Waals surface area contributed by atoms with Crippen LogP contribution in [0, 0.1) is 23.3 Å². The molecule has 0 N–H and O–H groups in total. The van der Waals surface area contributed by atoms with E-state index in [2.05, 4.69) is 36.0 Å². The van der Waals surface area contributed by atoms with Crippen LogP contribution in [-0.2, 0) is 16.0 Å². The zero-order valence-electron chi connectivity index (χ0n) is 15.6. The standard InChI is InChI=1S/C22H27NO2/c1-20(2)18-11-12-22(25-5,13-16-9-7-6-8-10-16)15-21(18,3)14-17(23-4)19(20)24/h6-10,14,18H,11-13,15H2,1-3,5H3/t18-,21+,22+/m0/s1. The van der Waals surface area contributed by atoms with Crippen molar-refractivity contribution in [3.8, 4) is 0 Å². The summed E-state index contributed by atoms with van der Waals surface area (Å²) in [4.78, 5) is 16.2. The highest BCUT2D eigenvalue weighted by Gasteiger charge is 2.56. The molecule has 2 aliphatic rings. The molecule has 1 fully saturated rings. The molecule has 0 heterocycles. The minimum Gasteiger partial charge on any atom is -0.378 e. The van der Waals surface area contributed by atoms with E-state index < -0.39 is 5.41 Å². The molecule has 1 aromatic rings. The van der Waals surface area contributed by atoms with E-state index in [-0.39, 0.29) is 22.7 Å². The Hall–Kier alpha value is -1.92. The SMILES string of the molecule is [C-]#[N+]C1=C[C@]2(C)C[C@@](Cc3ccccc3)(OC)CC[C@H]2C(C)(C)C1=O. The molecule has 2 aliphatic carbocycles. The van der Waals surface area contributed by atoms with Crippen LogP contribution in [0.5, 0.6) is 0 Å². The first kappa shape index (κ1) is 17.9. The van der Waals surface area contributed by atoms with Gasteiger partial charge in [0.15, 0.2) is 5.78 Å². The lowest BCUT2D eigenvalue weighted by atomic mass is 9.50. The van der Waals surface area contributed by atoms with Crippen LogP contribution in [0.3, 0.4) is 0 Å². The molecule has 0 amide bonds. The summed E-state index contributed by atoms with van der Waals surface area (Å²) in [7, 11) is 1.80. The Kier molecular flexibility index (Phi) is 4.37. The second-order valence-corrected chi connectivity index (χ2v) is 8.52. The molecule has 0 saturated heterocycles. The molecule has 0 radical (unpaired) electrons. The number of hydrogen-bond donors (Lipinski definition) is 0. The predicted octanol–water partition coefficient (Wildman–Crippen LogP) is 4.83. The van der Waals surface area contributed by atoms with Crippen molar-refractivity contribution >= 4 is 5.78 Å². The first-order valence-corrected chi connectivity index (χ1v) is 9.01. The molecule has 0 aliphatic heterocycles. The van der Waals surface area contributed by atoms with Gasteiger partial charge in [0.05, 0.1) is 12.2 Å². The number of nitrogens with zero attached hydrogens (tertiary/aromatic N) is 1. The molecular weight excluding hydrogens is 310 g/mol. The summed E-state index contributed by atoms with van der Waals surface area (Å²) in [6.45, 7) is 13.6. The van der Waals surface area contributed by atoms with Gasteiger partial charge in [-0.15, -0.1) is 0 Å². The molecule has 3 atom stereocenters. The Morgan fingerprint density at radius 2 is 1.92 bits per heavy atom. The van der Waals surface area contributed by atoms with E-state index in [0.29, 0.717) is 5.70 Å². The van der Waals surface area contributed by atoms with Crippen LogP contribution >= 0.6 is 0 Å². The Morgan fingerprint density at radius 3 is 2.52 bits per heavy atom. The molecule has 1 aromatic carbocycles. The molecule has 0 unspecified atom stereocenters. The highest BCUT2D eigenvalue weighted by Crippen LogP contribution is 2.58. The van der Waals surface area contributed by atoms with Gasteiger partial charge >= 0.3 is 0 Å². The van der Waals surface area contributed by atoms with Crippen LogP contribution in [0.1, 0.15) is 45.6 Å². The maximum absolute atomic E-state index is 12.7. The lowest BCUT2D eigenvalue weighted by molar-refractivity contribution is -0.141. The van der Waals surface area contributed by atoms with Gasteiger partial charge in [-0.2, -0.15) is 0 Å². The number of benzene rings is 1. The molecule has 1 saturated carbocycles. The number of hydrogen-bond acceptors (Lipinski definition) is 2. The number of ether oxygens (including phenoxy) is 1. The number of methoxy groups -OCH3 is 1. The molecule has 132 valence electrons. The first-order valence-electron chi connectivity index (χ1n) is 9.01. The van der Waals surface area contributed by atoms with Crippen molar-refractivity contribution in [2.75, 3.05) is 7.11 Å². The smallest absolute Gasteiger partial charge is 0.226 e. The molecule has 3 heteroatoms. The van der Waals surface area contributed by atoms with Gasteiger partial charge in [-0.3, -0.25) is 0 Å². The zero-order valence-corrected chi connectivity index (χ0v) is 15.6. The van der Waals surface area contributed by atoms with Crippen molar-refractivity contribution in [3.63, 3.8) is 0 Å². The Labute approximate surface area is 150 Å². The van der Waals surface area contributed by atoms with E-state index >= 15 is 0 Å². The molecular formula is C22H27NO2. The van der Waals surface area contributed by atoms with Gasteiger partial charge in [-0.05, 0) is 36.2 Å².